The highest BCUT2D eigenvalue weighted by molar-refractivity contribution is 5.75. The molecule has 0 radical (unpaired) electrons. The molecule has 1 rings (SSSR count). The third-order valence-corrected chi connectivity index (χ3v) is 1.65. The van der Waals surface area contributed by atoms with Gasteiger partial charge in [0, 0.05) is 0 Å². The summed E-state index contributed by atoms with van der Waals surface area (Å²) in [6, 6.07) is 2.44. The molecule has 0 aliphatic heterocycles. The van der Waals surface area contributed by atoms with E-state index >= 15 is 0 Å². The van der Waals surface area contributed by atoms with Crippen LogP contribution < -0.4 is 11.5 Å². The van der Waals surface area contributed by atoms with Crippen LogP contribution in [0, 0.1) is 5.82 Å². The van der Waals surface area contributed by atoms with E-state index in [1.165, 1.54) is 12.1 Å². The second-order valence-electron chi connectivity index (χ2n) is 2.60. The Hall–Kier alpha value is -1.62. The number of rotatable bonds is 2. The summed E-state index contributed by atoms with van der Waals surface area (Å²) in [6.45, 7) is 0. The molecular weight excluding hydrogens is 175 g/mol. The van der Waals surface area contributed by atoms with Gasteiger partial charge in [-0.05, 0) is 17.7 Å². The number of hydrogen-bond acceptors (Lipinski definition) is 3. The number of anilines is 1. The second-order valence-corrected chi connectivity index (χ2v) is 2.60. The first-order valence-corrected chi connectivity index (χ1v) is 3.55. The van der Waals surface area contributed by atoms with Gasteiger partial charge in [-0.25, -0.2) is 4.39 Å². The van der Waals surface area contributed by atoms with Crippen LogP contribution in [0.25, 0.3) is 0 Å². The van der Waals surface area contributed by atoms with Crippen LogP contribution >= 0.6 is 0 Å². The Bertz CT molecular complexity index is 341. The Labute approximate surface area is 74.0 Å². The molecule has 70 valence electrons. The van der Waals surface area contributed by atoms with E-state index in [1.54, 1.807) is 0 Å². The smallest absolute Gasteiger partial charge is 0.325 e. The number of hydrogen-bond donors (Lipinski definition) is 3. The van der Waals surface area contributed by atoms with E-state index in [4.69, 9.17) is 16.6 Å². The van der Waals surface area contributed by atoms with Gasteiger partial charge in [0.15, 0.2) is 0 Å². The second kappa shape index (κ2) is 3.40. The van der Waals surface area contributed by atoms with Gasteiger partial charge in [0.2, 0.25) is 0 Å². The number of carbonyl (C=O) groups is 1. The molecule has 4 nitrogen and oxygen atoms in total. The van der Waals surface area contributed by atoms with Crippen LogP contribution in [0.2, 0.25) is 0 Å². The summed E-state index contributed by atoms with van der Waals surface area (Å²) >= 11 is 0. The highest BCUT2D eigenvalue weighted by Gasteiger charge is 2.14. The van der Waals surface area contributed by atoms with Crippen molar-refractivity contribution in [2.45, 2.75) is 6.04 Å². The normalized spacial score (nSPS) is 12.5. The average molecular weight is 184 g/mol. The lowest BCUT2D eigenvalue weighted by atomic mass is 10.1. The molecule has 0 heterocycles. The molecular formula is C8H9FN2O2. The van der Waals surface area contributed by atoms with Crippen molar-refractivity contribution < 1.29 is 14.3 Å². The highest BCUT2D eigenvalue weighted by atomic mass is 19.1. The van der Waals surface area contributed by atoms with Crippen LogP contribution in [0.15, 0.2) is 18.2 Å². The van der Waals surface area contributed by atoms with Crippen molar-refractivity contribution in [1.82, 2.24) is 0 Å². The maximum absolute atomic E-state index is 12.6. The van der Waals surface area contributed by atoms with Crippen molar-refractivity contribution in [3.8, 4) is 0 Å². The first-order chi connectivity index (χ1) is 6.02. The van der Waals surface area contributed by atoms with Gasteiger partial charge < -0.3 is 16.6 Å². The predicted molar refractivity (Wildman–Crippen MR) is 45.4 cm³/mol. The molecule has 1 aromatic carbocycles. The van der Waals surface area contributed by atoms with Crippen LogP contribution in [0.1, 0.15) is 11.6 Å². The Kier molecular flexibility index (Phi) is 2.48. The molecule has 1 atom stereocenters. The molecule has 0 spiro atoms. The first-order valence-electron chi connectivity index (χ1n) is 3.55. The van der Waals surface area contributed by atoms with Gasteiger partial charge in [-0.1, -0.05) is 6.07 Å². The van der Waals surface area contributed by atoms with Crippen molar-refractivity contribution in [2.75, 3.05) is 5.73 Å². The topological polar surface area (TPSA) is 89.3 Å². The number of halogens is 1. The van der Waals surface area contributed by atoms with Gasteiger partial charge in [0.05, 0.1) is 5.69 Å². The van der Waals surface area contributed by atoms with Crippen LogP contribution in [-0.4, -0.2) is 11.1 Å². The monoisotopic (exact) mass is 184 g/mol. The third kappa shape index (κ3) is 1.94. The van der Waals surface area contributed by atoms with E-state index in [1.807, 2.05) is 0 Å². The largest absolute Gasteiger partial charge is 0.480 e. The zero-order valence-electron chi connectivity index (χ0n) is 6.70. The lowest BCUT2D eigenvalue weighted by Crippen LogP contribution is -2.20. The number of aliphatic carboxylic acids is 1. The fourth-order valence-electron chi connectivity index (χ4n) is 0.898. The lowest BCUT2D eigenvalue weighted by molar-refractivity contribution is -0.138. The molecule has 0 aliphatic carbocycles. The summed E-state index contributed by atoms with van der Waals surface area (Å²) in [5.74, 6) is -1.76. The quantitative estimate of drug-likeness (QED) is 0.583. The molecule has 1 unspecified atom stereocenters. The Morgan fingerprint density at radius 3 is 2.62 bits per heavy atom. The highest BCUT2D eigenvalue weighted by Crippen LogP contribution is 2.16. The van der Waals surface area contributed by atoms with E-state index in [9.17, 15) is 9.18 Å². The SMILES string of the molecule is Nc1cc(C(N)C(=O)O)ccc1F. The molecule has 5 N–H and O–H groups in total. The standard InChI is InChI=1S/C8H9FN2O2/c9-5-2-1-4(3-6(5)10)7(11)8(12)13/h1-3,7H,10-11H2,(H,12,13). The lowest BCUT2D eigenvalue weighted by Gasteiger charge is -2.07. The number of nitrogens with two attached hydrogens (primary N) is 2. The zero-order valence-corrected chi connectivity index (χ0v) is 6.70. The number of carboxylic acids is 1. The van der Waals surface area contributed by atoms with Crippen LogP contribution in [0.4, 0.5) is 10.1 Å². The van der Waals surface area contributed by atoms with E-state index in [0.717, 1.165) is 6.07 Å². The van der Waals surface area contributed by atoms with E-state index in [2.05, 4.69) is 0 Å². The summed E-state index contributed by atoms with van der Waals surface area (Å²) in [5, 5.41) is 8.54. The third-order valence-electron chi connectivity index (χ3n) is 1.65. The fourth-order valence-corrected chi connectivity index (χ4v) is 0.898. The minimum Gasteiger partial charge on any atom is -0.480 e. The fraction of sp³-hybridized carbons (Fsp3) is 0.125. The van der Waals surface area contributed by atoms with Gasteiger partial charge in [0.25, 0.3) is 0 Å². The molecule has 0 aliphatic rings. The maximum atomic E-state index is 12.6. The molecule has 0 fully saturated rings. The number of carboxylic acid groups (broad SMARTS) is 1. The minimum absolute atomic E-state index is 0.103. The molecule has 0 aromatic heterocycles. The van der Waals surface area contributed by atoms with Gasteiger partial charge in [-0.3, -0.25) is 4.79 Å². The molecule has 0 bridgehead atoms. The Morgan fingerprint density at radius 2 is 2.15 bits per heavy atom. The Balaban J connectivity index is 3.03. The summed E-state index contributed by atoms with van der Waals surface area (Å²) < 4.78 is 12.6. The zero-order chi connectivity index (χ0) is 10.0. The van der Waals surface area contributed by atoms with Crippen LogP contribution in [0.5, 0.6) is 0 Å². The van der Waals surface area contributed by atoms with Gasteiger partial charge in [0.1, 0.15) is 11.9 Å². The van der Waals surface area contributed by atoms with E-state index < -0.39 is 17.8 Å². The van der Waals surface area contributed by atoms with Crippen molar-refractivity contribution in [3.05, 3.63) is 29.6 Å². The molecule has 0 saturated heterocycles. The molecule has 1 aromatic rings. The summed E-state index contributed by atoms with van der Waals surface area (Å²) in [5.41, 5.74) is 10.7. The maximum Gasteiger partial charge on any atom is 0.325 e. The van der Waals surface area contributed by atoms with Crippen molar-refractivity contribution in [3.63, 3.8) is 0 Å². The number of benzene rings is 1. The van der Waals surface area contributed by atoms with Crippen LogP contribution in [0.3, 0.4) is 0 Å². The summed E-state index contributed by atoms with van der Waals surface area (Å²) in [7, 11) is 0. The van der Waals surface area contributed by atoms with Crippen molar-refractivity contribution in [2.24, 2.45) is 5.73 Å². The average Bonchev–Trinajstić information content (AvgIpc) is 2.08. The van der Waals surface area contributed by atoms with E-state index in [0.29, 0.717) is 0 Å². The minimum atomic E-state index is -1.17. The Morgan fingerprint density at radius 1 is 1.54 bits per heavy atom. The predicted octanol–water partition coefficient (Wildman–Crippen LogP) is 0.492. The van der Waals surface area contributed by atoms with Crippen LogP contribution in [-0.2, 0) is 4.79 Å². The van der Waals surface area contributed by atoms with Gasteiger partial charge in [-0.15, -0.1) is 0 Å². The summed E-state index contributed by atoms with van der Waals surface area (Å²) in [6.07, 6.45) is 0. The van der Waals surface area contributed by atoms with Gasteiger partial charge >= 0.3 is 5.97 Å². The van der Waals surface area contributed by atoms with Crippen molar-refractivity contribution in [1.29, 1.82) is 0 Å². The molecule has 13 heavy (non-hydrogen) atoms. The van der Waals surface area contributed by atoms with Crippen molar-refractivity contribution >= 4 is 11.7 Å². The summed E-state index contributed by atoms with van der Waals surface area (Å²) in [4.78, 5) is 10.4. The molecule has 5 heteroatoms. The molecule has 0 saturated carbocycles. The number of nitrogen functional groups attached to an aromatic ring is 1. The van der Waals surface area contributed by atoms with E-state index in [-0.39, 0.29) is 11.3 Å². The first kappa shape index (κ1) is 9.47. The molecule has 0 amide bonds. The van der Waals surface area contributed by atoms with Gasteiger partial charge in [-0.2, -0.15) is 0 Å².